The Kier molecular flexibility index (Phi) is 3.63. The van der Waals surface area contributed by atoms with Crippen LogP contribution in [0.15, 0.2) is 42.5 Å². The van der Waals surface area contributed by atoms with Gasteiger partial charge in [-0.15, -0.1) is 0 Å². The van der Waals surface area contributed by atoms with E-state index in [9.17, 15) is 14.0 Å². The summed E-state index contributed by atoms with van der Waals surface area (Å²) in [7, 11) is 0. The van der Waals surface area contributed by atoms with Gasteiger partial charge in [0.05, 0.1) is 0 Å². The van der Waals surface area contributed by atoms with Gasteiger partial charge in [-0.05, 0) is 47.4 Å². The van der Waals surface area contributed by atoms with Crippen LogP contribution < -0.4 is 4.90 Å². The molecule has 1 N–H and O–H groups in total. The molecule has 0 aliphatic carbocycles. The lowest BCUT2D eigenvalue weighted by atomic mass is 9.96. The summed E-state index contributed by atoms with van der Waals surface area (Å²) in [6, 6.07) is 11.7. The Bertz CT molecular complexity index is 757. The van der Waals surface area contributed by atoms with E-state index in [-0.39, 0.29) is 24.7 Å². The molecular weight excluding hydrogens is 285 g/mol. The third kappa shape index (κ3) is 2.70. The van der Waals surface area contributed by atoms with Crippen molar-refractivity contribution in [1.29, 1.82) is 0 Å². The molecule has 0 atom stereocenters. The molecule has 3 rings (SSSR count). The van der Waals surface area contributed by atoms with Gasteiger partial charge in [-0.2, -0.15) is 0 Å². The molecule has 1 aliphatic heterocycles. The van der Waals surface area contributed by atoms with Crippen molar-refractivity contribution >= 4 is 17.6 Å². The van der Waals surface area contributed by atoms with Crippen LogP contribution in [-0.4, -0.2) is 23.5 Å². The number of rotatable bonds is 3. The number of carbonyl (C=O) groups is 2. The van der Waals surface area contributed by atoms with Crippen molar-refractivity contribution in [3.05, 3.63) is 53.8 Å². The fourth-order valence-electron chi connectivity index (χ4n) is 2.72. The number of halogens is 1. The smallest absolute Gasteiger partial charge is 0.323 e. The lowest BCUT2D eigenvalue weighted by molar-refractivity contribution is -0.136. The van der Waals surface area contributed by atoms with Gasteiger partial charge >= 0.3 is 5.97 Å². The van der Waals surface area contributed by atoms with Crippen LogP contribution in [0.4, 0.5) is 10.1 Å². The standard InChI is InChI=1S/C17H14FNO3/c18-14-3-1-2-11(9-14)12-4-6-15-13(8-12)5-7-16(20)19(15)10-17(21)22/h1-4,6,8-9H,5,7,10H2,(H,21,22). The zero-order chi connectivity index (χ0) is 15.7. The van der Waals surface area contributed by atoms with E-state index in [2.05, 4.69) is 0 Å². The summed E-state index contributed by atoms with van der Waals surface area (Å²) in [5, 5.41) is 8.94. The zero-order valence-corrected chi connectivity index (χ0v) is 11.8. The molecule has 0 saturated heterocycles. The quantitative estimate of drug-likeness (QED) is 0.948. The van der Waals surface area contributed by atoms with Crippen LogP contribution in [0.3, 0.4) is 0 Å². The molecule has 2 aromatic carbocycles. The molecule has 5 heteroatoms. The normalized spacial score (nSPS) is 13.9. The van der Waals surface area contributed by atoms with E-state index < -0.39 is 5.97 Å². The van der Waals surface area contributed by atoms with E-state index in [0.717, 1.165) is 16.7 Å². The number of fused-ring (bicyclic) bond motifs is 1. The topological polar surface area (TPSA) is 57.6 Å². The maximum absolute atomic E-state index is 13.3. The van der Waals surface area contributed by atoms with Crippen LogP contribution in [0, 0.1) is 5.82 Å². The second kappa shape index (κ2) is 5.60. The lowest BCUT2D eigenvalue weighted by Crippen LogP contribution is -2.38. The van der Waals surface area contributed by atoms with Crippen molar-refractivity contribution in [2.45, 2.75) is 12.8 Å². The lowest BCUT2D eigenvalue weighted by Gasteiger charge is -2.28. The van der Waals surface area contributed by atoms with Crippen molar-refractivity contribution in [3.63, 3.8) is 0 Å². The third-order valence-corrected chi connectivity index (χ3v) is 3.73. The summed E-state index contributed by atoms with van der Waals surface area (Å²) < 4.78 is 13.3. The minimum atomic E-state index is -1.05. The van der Waals surface area contributed by atoms with Crippen LogP contribution in [0.1, 0.15) is 12.0 Å². The number of nitrogens with zero attached hydrogens (tertiary/aromatic N) is 1. The first-order chi connectivity index (χ1) is 10.5. The highest BCUT2D eigenvalue weighted by Crippen LogP contribution is 2.32. The minimum Gasteiger partial charge on any atom is -0.480 e. The second-order valence-electron chi connectivity index (χ2n) is 5.23. The van der Waals surface area contributed by atoms with Gasteiger partial charge in [-0.25, -0.2) is 4.39 Å². The van der Waals surface area contributed by atoms with Crippen LogP contribution in [0.2, 0.25) is 0 Å². The number of anilines is 1. The van der Waals surface area contributed by atoms with Gasteiger partial charge in [0.25, 0.3) is 0 Å². The summed E-state index contributed by atoms with van der Waals surface area (Å²) in [4.78, 5) is 24.1. The molecule has 0 radical (unpaired) electrons. The first-order valence-electron chi connectivity index (χ1n) is 6.95. The average Bonchev–Trinajstić information content (AvgIpc) is 2.49. The average molecular weight is 299 g/mol. The highest BCUT2D eigenvalue weighted by Gasteiger charge is 2.26. The first kappa shape index (κ1) is 14.3. The summed E-state index contributed by atoms with van der Waals surface area (Å²) in [6.07, 6.45) is 0.848. The van der Waals surface area contributed by atoms with Gasteiger partial charge in [-0.3, -0.25) is 9.59 Å². The molecule has 112 valence electrons. The summed E-state index contributed by atoms with van der Waals surface area (Å²) >= 11 is 0. The molecule has 1 heterocycles. The molecule has 22 heavy (non-hydrogen) atoms. The fraction of sp³-hybridized carbons (Fsp3) is 0.176. The monoisotopic (exact) mass is 299 g/mol. The molecule has 1 aliphatic rings. The Balaban J connectivity index is 2.00. The Morgan fingerprint density at radius 1 is 1.14 bits per heavy atom. The van der Waals surface area contributed by atoms with Crippen LogP contribution in [0.25, 0.3) is 11.1 Å². The number of amides is 1. The molecular formula is C17H14FNO3. The van der Waals surface area contributed by atoms with E-state index in [1.54, 1.807) is 18.2 Å². The number of carboxylic acid groups (broad SMARTS) is 1. The van der Waals surface area contributed by atoms with Crippen molar-refractivity contribution in [2.75, 3.05) is 11.4 Å². The predicted molar refractivity (Wildman–Crippen MR) is 80.1 cm³/mol. The molecule has 0 spiro atoms. The number of aliphatic carboxylic acids is 1. The van der Waals surface area contributed by atoms with E-state index in [0.29, 0.717) is 12.1 Å². The third-order valence-electron chi connectivity index (χ3n) is 3.73. The minimum absolute atomic E-state index is 0.187. The Morgan fingerprint density at radius 2 is 1.91 bits per heavy atom. The molecule has 0 aromatic heterocycles. The van der Waals surface area contributed by atoms with Gasteiger partial charge < -0.3 is 10.0 Å². The van der Waals surface area contributed by atoms with E-state index in [1.807, 2.05) is 12.1 Å². The van der Waals surface area contributed by atoms with E-state index in [1.165, 1.54) is 17.0 Å². The summed E-state index contributed by atoms with van der Waals surface area (Å²) in [5.41, 5.74) is 3.13. The first-order valence-corrected chi connectivity index (χ1v) is 6.95. The Labute approximate surface area is 126 Å². The number of carboxylic acids is 1. The number of aryl methyl sites for hydroxylation is 1. The maximum Gasteiger partial charge on any atom is 0.323 e. The zero-order valence-electron chi connectivity index (χ0n) is 11.8. The second-order valence-corrected chi connectivity index (χ2v) is 5.23. The largest absolute Gasteiger partial charge is 0.480 e. The number of hydrogen-bond donors (Lipinski definition) is 1. The van der Waals surface area contributed by atoms with Crippen LogP contribution in [0.5, 0.6) is 0 Å². The van der Waals surface area contributed by atoms with Crippen LogP contribution >= 0.6 is 0 Å². The molecule has 2 aromatic rings. The maximum atomic E-state index is 13.3. The highest BCUT2D eigenvalue weighted by molar-refractivity contribution is 6.00. The summed E-state index contributed by atoms with van der Waals surface area (Å²) in [5.74, 6) is -1.54. The predicted octanol–water partition coefficient (Wildman–Crippen LogP) is 2.86. The molecule has 1 amide bonds. The highest BCUT2D eigenvalue weighted by atomic mass is 19.1. The number of benzene rings is 2. The fourth-order valence-corrected chi connectivity index (χ4v) is 2.72. The summed E-state index contributed by atoms with van der Waals surface area (Å²) in [6.45, 7) is -0.342. The van der Waals surface area contributed by atoms with Crippen molar-refractivity contribution in [3.8, 4) is 11.1 Å². The molecule has 0 unspecified atom stereocenters. The van der Waals surface area contributed by atoms with Gasteiger partial charge in [0.1, 0.15) is 12.4 Å². The van der Waals surface area contributed by atoms with Crippen molar-refractivity contribution in [1.82, 2.24) is 0 Å². The van der Waals surface area contributed by atoms with Crippen molar-refractivity contribution in [2.24, 2.45) is 0 Å². The van der Waals surface area contributed by atoms with Gasteiger partial charge in [0.2, 0.25) is 5.91 Å². The van der Waals surface area contributed by atoms with Gasteiger partial charge in [0, 0.05) is 12.1 Å². The van der Waals surface area contributed by atoms with Gasteiger partial charge in [-0.1, -0.05) is 18.2 Å². The molecule has 0 saturated carbocycles. The molecule has 0 bridgehead atoms. The Morgan fingerprint density at radius 3 is 2.64 bits per heavy atom. The molecule has 0 fully saturated rings. The van der Waals surface area contributed by atoms with Gasteiger partial charge in [0.15, 0.2) is 0 Å². The van der Waals surface area contributed by atoms with Crippen LogP contribution in [-0.2, 0) is 16.0 Å². The Hall–Kier alpha value is -2.69. The van der Waals surface area contributed by atoms with Crippen molar-refractivity contribution < 1.29 is 19.1 Å². The van der Waals surface area contributed by atoms with E-state index in [4.69, 9.17) is 5.11 Å². The molecule has 4 nitrogen and oxygen atoms in total. The number of carbonyl (C=O) groups excluding carboxylic acids is 1. The van der Waals surface area contributed by atoms with E-state index >= 15 is 0 Å². The SMILES string of the molecule is O=C(O)CN1C(=O)CCc2cc(-c3cccc(F)c3)ccc21. The number of hydrogen-bond acceptors (Lipinski definition) is 2.